The summed E-state index contributed by atoms with van der Waals surface area (Å²) in [6.45, 7) is 6.98. The number of carbonyl (C=O) groups excluding carboxylic acids is 1. The number of anilines is 1. The topological polar surface area (TPSA) is 68.4 Å². The van der Waals surface area contributed by atoms with Crippen LogP contribution < -0.4 is 10.9 Å². The van der Waals surface area contributed by atoms with Gasteiger partial charge in [-0.25, -0.2) is 4.79 Å². The molecule has 1 aromatic heterocycles. The average molecular weight is 453 g/mol. The molecule has 0 spiro atoms. The number of nitrogens with one attached hydrogen (secondary N) is 2. The summed E-state index contributed by atoms with van der Waals surface area (Å²) < 4.78 is 0. The largest absolute Gasteiger partial charge is 0.322 e. The minimum Gasteiger partial charge on any atom is -0.322 e. The van der Waals surface area contributed by atoms with E-state index in [0.29, 0.717) is 22.8 Å². The lowest BCUT2D eigenvalue weighted by molar-refractivity contribution is 0.174. The smallest absolute Gasteiger partial charge is 0.322 e. The summed E-state index contributed by atoms with van der Waals surface area (Å²) in [5, 5.41) is 4.54. The fourth-order valence-corrected chi connectivity index (χ4v) is 4.55. The molecule has 32 heavy (non-hydrogen) atoms. The third-order valence-electron chi connectivity index (χ3n) is 6.16. The Kier molecular flexibility index (Phi) is 6.82. The maximum Gasteiger partial charge on any atom is 0.322 e. The van der Waals surface area contributed by atoms with E-state index in [1.807, 2.05) is 31.2 Å². The van der Waals surface area contributed by atoms with Gasteiger partial charge in [0.1, 0.15) is 0 Å². The number of halogens is 1. The summed E-state index contributed by atoms with van der Waals surface area (Å²) in [5.41, 5.74) is 3.01. The molecule has 1 aliphatic rings. The van der Waals surface area contributed by atoms with Crippen molar-refractivity contribution in [3.8, 4) is 0 Å². The molecule has 4 rings (SSSR count). The van der Waals surface area contributed by atoms with Gasteiger partial charge in [-0.1, -0.05) is 30.2 Å². The van der Waals surface area contributed by atoms with Crippen LogP contribution in [0.25, 0.3) is 10.9 Å². The number of aromatic amines is 1. The van der Waals surface area contributed by atoms with Crippen LogP contribution in [0.4, 0.5) is 10.5 Å². The second-order valence-electron chi connectivity index (χ2n) is 8.46. The van der Waals surface area contributed by atoms with Crippen LogP contribution in [0.1, 0.15) is 30.9 Å². The summed E-state index contributed by atoms with van der Waals surface area (Å²) in [6, 6.07) is 14.9. The number of rotatable bonds is 6. The van der Waals surface area contributed by atoms with Gasteiger partial charge in [-0.15, -0.1) is 0 Å². The lowest BCUT2D eigenvalue weighted by Gasteiger charge is -2.30. The van der Waals surface area contributed by atoms with Crippen molar-refractivity contribution in [3.05, 3.63) is 75.0 Å². The summed E-state index contributed by atoms with van der Waals surface area (Å²) in [7, 11) is 0. The molecule has 6 nitrogen and oxygen atoms in total. The minimum absolute atomic E-state index is 0.163. The zero-order valence-electron chi connectivity index (χ0n) is 18.5. The van der Waals surface area contributed by atoms with Gasteiger partial charge in [0, 0.05) is 34.4 Å². The summed E-state index contributed by atoms with van der Waals surface area (Å²) in [4.78, 5) is 33.2. The predicted molar refractivity (Wildman–Crippen MR) is 130 cm³/mol. The molecular weight excluding hydrogens is 424 g/mol. The fourth-order valence-electron chi connectivity index (χ4n) is 4.42. The lowest BCUT2D eigenvalue weighted by atomic mass is 10.1. The molecule has 0 radical (unpaired) electrons. The highest BCUT2D eigenvalue weighted by atomic mass is 35.5. The molecule has 2 amide bonds. The first-order chi connectivity index (χ1) is 15.4. The third-order valence-corrected chi connectivity index (χ3v) is 6.41. The Balaban J connectivity index is 1.61. The lowest BCUT2D eigenvalue weighted by Crippen LogP contribution is -2.45. The zero-order chi connectivity index (χ0) is 22.7. The predicted octanol–water partition coefficient (Wildman–Crippen LogP) is 5.01. The zero-order valence-corrected chi connectivity index (χ0v) is 19.3. The minimum atomic E-state index is -0.223. The number of hydrogen-bond donors (Lipinski definition) is 2. The van der Waals surface area contributed by atoms with Crippen molar-refractivity contribution in [1.29, 1.82) is 0 Å². The molecule has 0 aliphatic carbocycles. The molecule has 2 heterocycles. The van der Waals surface area contributed by atoms with Crippen LogP contribution >= 0.6 is 11.6 Å². The number of amides is 2. The Labute approximate surface area is 193 Å². The Bertz CT molecular complexity index is 1160. The first-order valence-electron chi connectivity index (χ1n) is 11.1. The molecule has 2 aromatic carbocycles. The highest BCUT2D eigenvalue weighted by molar-refractivity contribution is 6.30. The van der Waals surface area contributed by atoms with E-state index in [-0.39, 0.29) is 24.2 Å². The number of H-pyrrole nitrogens is 1. The SMILES string of the molecule is CCN1CCC[C@@H]1CN(Cc1cc2cc(C)ccc2[nH]c1=O)C(=O)Nc1ccc(Cl)cc1. The van der Waals surface area contributed by atoms with Gasteiger partial charge in [-0.05, 0) is 80.7 Å². The Morgan fingerprint density at radius 2 is 2.00 bits per heavy atom. The van der Waals surface area contributed by atoms with Crippen LogP contribution in [0.3, 0.4) is 0 Å². The number of likely N-dealkylation sites (N-methyl/N-ethyl adjacent to an activating group) is 1. The highest BCUT2D eigenvalue weighted by Crippen LogP contribution is 2.21. The third kappa shape index (κ3) is 5.14. The number of likely N-dealkylation sites (tertiary alicyclic amines) is 1. The molecule has 2 N–H and O–H groups in total. The van der Waals surface area contributed by atoms with Gasteiger partial charge in [0.2, 0.25) is 0 Å². The number of nitrogens with zero attached hydrogens (tertiary/aromatic N) is 2. The van der Waals surface area contributed by atoms with Gasteiger partial charge < -0.3 is 15.2 Å². The maximum atomic E-state index is 13.3. The van der Waals surface area contributed by atoms with Gasteiger partial charge in [0.25, 0.3) is 5.56 Å². The number of fused-ring (bicyclic) bond motifs is 1. The summed E-state index contributed by atoms with van der Waals surface area (Å²) in [5.74, 6) is 0. The van der Waals surface area contributed by atoms with Crippen molar-refractivity contribution in [3.63, 3.8) is 0 Å². The standard InChI is InChI=1S/C25H29ClN4O2/c1-3-29-12-4-5-22(29)16-30(25(32)27-21-9-7-20(26)8-10-21)15-19-14-18-13-17(2)6-11-23(18)28-24(19)31/h6-11,13-14,22H,3-5,12,15-16H2,1-2H3,(H,27,32)(H,28,31)/t22-/m1/s1. The summed E-state index contributed by atoms with van der Waals surface area (Å²) in [6.07, 6.45) is 2.17. The Morgan fingerprint density at radius 1 is 1.22 bits per heavy atom. The van der Waals surface area contributed by atoms with Crippen molar-refractivity contribution < 1.29 is 4.79 Å². The second kappa shape index (κ2) is 9.76. The molecule has 1 saturated heterocycles. The van der Waals surface area contributed by atoms with Gasteiger partial charge in [0.15, 0.2) is 0 Å². The van der Waals surface area contributed by atoms with Crippen LogP contribution in [-0.4, -0.2) is 46.5 Å². The number of pyridine rings is 1. The van der Waals surface area contributed by atoms with Crippen LogP contribution in [0.5, 0.6) is 0 Å². The fraction of sp³-hybridized carbons (Fsp3) is 0.360. The van der Waals surface area contributed by atoms with Gasteiger partial charge in [0.05, 0.1) is 6.54 Å². The average Bonchev–Trinajstić information content (AvgIpc) is 3.22. The molecule has 1 atom stereocenters. The second-order valence-corrected chi connectivity index (χ2v) is 8.89. The molecule has 7 heteroatoms. The van der Waals surface area contributed by atoms with Gasteiger partial charge >= 0.3 is 6.03 Å². The van der Waals surface area contributed by atoms with E-state index in [1.54, 1.807) is 29.2 Å². The molecule has 3 aromatic rings. The first-order valence-corrected chi connectivity index (χ1v) is 11.5. The number of aryl methyl sites for hydroxylation is 1. The van der Waals surface area contributed by atoms with E-state index in [1.165, 1.54) is 0 Å². The first kappa shape index (κ1) is 22.4. The van der Waals surface area contributed by atoms with Crippen molar-refractivity contribution in [2.24, 2.45) is 0 Å². The quantitative estimate of drug-likeness (QED) is 0.552. The number of urea groups is 1. The van der Waals surface area contributed by atoms with Crippen LogP contribution in [0.15, 0.2) is 53.3 Å². The van der Waals surface area contributed by atoms with Crippen molar-refractivity contribution in [1.82, 2.24) is 14.8 Å². The van der Waals surface area contributed by atoms with Crippen molar-refractivity contribution in [2.75, 3.05) is 25.0 Å². The van der Waals surface area contributed by atoms with Crippen LogP contribution in [0, 0.1) is 6.92 Å². The highest BCUT2D eigenvalue weighted by Gasteiger charge is 2.28. The van der Waals surface area contributed by atoms with E-state index in [9.17, 15) is 9.59 Å². The van der Waals surface area contributed by atoms with Gasteiger partial charge in [-0.2, -0.15) is 0 Å². The molecule has 1 aliphatic heterocycles. The molecule has 0 bridgehead atoms. The monoisotopic (exact) mass is 452 g/mol. The van der Waals surface area contributed by atoms with Crippen LogP contribution in [0.2, 0.25) is 5.02 Å². The van der Waals surface area contributed by atoms with E-state index in [4.69, 9.17) is 11.6 Å². The van der Waals surface area contributed by atoms with E-state index >= 15 is 0 Å². The molecule has 0 saturated carbocycles. The maximum absolute atomic E-state index is 13.3. The van der Waals surface area contributed by atoms with Crippen molar-refractivity contribution in [2.45, 2.75) is 39.3 Å². The molecule has 168 valence electrons. The number of aromatic nitrogens is 1. The number of hydrogen-bond acceptors (Lipinski definition) is 3. The van der Waals surface area contributed by atoms with E-state index < -0.39 is 0 Å². The Morgan fingerprint density at radius 3 is 2.75 bits per heavy atom. The van der Waals surface area contributed by atoms with E-state index in [2.05, 4.69) is 22.1 Å². The number of carbonyl (C=O) groups is 1. The summed E-state index contributed by atoms with van der Waals surface area (Å²) >= 11 is 5.97. The normalized spacial score (nSPS) is 16.4. The van der Waals surface area contributed by atoms with E-state index in [0.717, 1.165) is 42.4 Å². The Hall–Kier alpha value is -2.83. The molecular formula is C25H29ClN4O2. The van der Waals surface area contributed by atoms with Crippen LogP contribution in [-0.2, 0) is 6.54 Å². The van der Waals surface area contributed by atoms with Crippen molar-refractivity contribution >= 4 is 34.2 Å². The molecule has 1 fully saturated rings. The molecule has 0 unspecified atom stereocenters. The number of benzene rings is 2. The van der Waals surface area contributed by atoms with Gasteiger partial charge in [-0.3, -0.25) is 9.69 Å².